The molecular formula is C8H8S2. The van der Waals surface area contributed by atoms with Gasteiger partial charge in [0, 0.05) is 23.3 Å². The summed E-state index contributed by atoms with van der Waals surface area (Å²) >= 11 is 5.13. The van der Waals surface area contributed by atoms with E-state index in [1.807, 2.05) is 0 Å². The zero-order valence-corrected chi connectivity index (χ0v) is 7.17. The van der Waals surface area contributed by atoms with E-state index in [0.29, 0.717) is 0 Å². The van der Waals surface area contributed by atoms with E-state index in [2.05, 4.69) is 11.8 Å². The minimum Gasteiger partial charge on any atom is -0.120 e. The van der Waals surface area contributed by atoms with Crippen molar-refractivity contribution in [3.05, 3.63) is 0 Å². The molecule has 0 saturated carbocycles. The monoisotopic (exact) mass is 168 g/mol. The molecule has 0 spiro atoms. The van der Waals surface area contributed by atoms with Crippen LogP contribution in [0.15, 0.2) is 0 Å². The van der Waals surface area contributed by atoms with Gasteiger partial charge in [0.15, 0.2) is 0 Å². The lowest BCUT2D eigenvalue weighted by Crippen LogP contribution is -2.06. The van der Waals surface area contributed by atoms with Crippen LogP contribution >= 0.6 is 0 Å². The zero-order chi connectivity index (χ0) is 7.56. The first-order valence-electron chi connectivity index (χ1n) is 3.05. The van der Waals surface area contributed by atoms with Crippen LogP contribution in [0.1, 0.15) is 0 Å². The van der Waals surface area contributed by atoms with Crippen molar-refractivity contribution < 1.29 is 0 Å². The lowest BCUT2D eigenvalue weighted by Gasteiger charge is -2.02. The summed E-state index contributed by atoms with van der Waals surface area (Å²) in [7, 11) is 0.0656. The van der Waals surface area contributed by atoms with E-state index in [4.69, 9.17) is 24.0 Å². The molecule has 1 saturated heterocycles. The molecule has 0 amide bonds. The van der Waals surface area contributed by atoms with Gasteiger partial charge in [-0.25, -0.2) is 0 Å². The summed E-state index contributed by atoms with van der Waals surface area (Å²) in [6, 6.07) is 0. The standard InChI is InChI=1S/C8H8S2/c1-3-7-5-10(9)6-8(7)4-2/h1-2,7-8H,5-6H2. The Morgan fingerprint density at radius 3 is 1.90 bits per heavy atom. The third kappa shape index (κ3) is 1.40. The highest BCUT2D eigenvalue weighted by molar-refractivity contribution is 8.29. The first-order valence-corrected chi connectivity index (χ1v) is 5.54. The van der Waals surface area contributed by atoms with E-state index < -0.39 is 0 Å². The van der Waals surface area contributed by atoms with Gasteiger partial charge >= 0.3 is 0 Å². The molecule has 0 bridgehead atoms. The number of terminal acetylenes is 2. The fourth-order valence-corrected chi connectivity index (χ4v) is 3.50. The first kappa shape index (κ1) is 7.79. The van der Waals surface area contributed by atoms with Crippen LogP contribution in [0.4, 0.5) is 0 Å². The maximum Gasteiger partial charge on any atom is 0.0439 e. The van der Waals surface area contributed by atoms with Gasteiger partial charge in [-0.1, -0.05) is 11.2 Å². The van der Waals surface area contributed by atoms with E-state index in [1.165, 1.54) is 0 Å². The van der Waals surface area contributed by atoms with Crippen molar-refractivity contribution in [3.63, 3.8) is 0 Å². The van der Waals surface area contributed by atoms with Gasteiger partial charge in [0.1, 0.15) is 0 Å². The smallest absolute Gasteiger partial charge is 0.0439 e. The SMILES string of the molecule is C#CC1CS(=S)CC1C#C. The van der Waals surface area contributed by atoms with E-state index in [0.717, 1.165) is 11.5 Å². The molecule has 2 atom stereocenters. The highest BCUT2D eigenvalue weighted by atomic mass is 32.8. The Labute approximate surface area is 69.0 Å². The minimum absolute atomic E-state index is 0.0656. The molecule has 2 unspecified atom stereocenters. The van der Waals surface area contributed by atoms with Crippen molar-refractivity contribution in [1.82, 2.24) is 0 Å². The Morgan fingerprint density at radius 1 is 1.20 bits per heavy atom. The van der Waals surface area contributed by atoms with Crippen molar-refractivity contribution in [3.8, 4) is 24.7 Å². The van der Waals surface area contributed by atoms with Gasteiger partial charge < -0.3 is 0 Å². The summed E-state index contributed by atoms with van der Waals surface area (Å²) in [6.07, 6.45) is 10.5. The third-order valence-corrected chi connectivity index (χ3v) is 3.92. The quantitative estimate of drug-likeness (QED) is 0.477. The molecule has 1 aliphatic heterocycles. The number of hydrogen-bond donors (Lipinski definition) is 0. The van der Waals surface area contributed by atoms with Gasteiger partial charge in [-0.3, -0.25) is 0 Å². The Hall–Kier alpha value is -0.310. The van der Waals surface area contributed by atoms with Crippen LogP contribution in [0, 0.1) is 36.5 Å². The molecule has 0 aromatic carbocycles. The molecule has 52 valence electrons. The largest absolute Gasteiger partial charge is 0.120 e. The van der Waals surface area contributed by atoms with Crippen molar-refractivity contribution in [2.45, 2.75) is 0 Å². The van der Waals surface area contributed by atoms with E-state index in [-0.39, 0.29) is 21.3 Å². The summed E-state index contributed by atoms with van der Waals surface area (Å²) in [5.41, 5.74) is 0. The second-order valence-electron chi connectivity index (χ2n) is 2.32. The van der Waals surface area contributed by atoms with Gasteiger partial charge in [0.25, 0.3) is 0 Å². The van der Waals surface area contributed by atoms with Crippen LogP contribution in [-0.2, 0) is 20.6 Å². The van der Waals surface area contributed by atoms with Crippen molar-refractivity contribution in [1.29, 1.82) is 0 Å². The van der Waals surface area contributed by atoms with Gasteiger partial charge in [-0.05, 0) is 0 Å². The summed E-state index contributed by atoms with van der Waals surface area (Å²) in [4.78, 5) is 0. The second-order valence-corrected chi connectivity index (χ2v) is 5.28. The Balaban J connectivity index is 2.71. The van der Waals surface area contributed by atoms with Gasteiger partial charge in [0.2, 0.25) is 0 Å². The van der Waals surface area contributed by atoms with Gasteiger partial charge in [0.05, 0.1) is 0 Å². The van der Waals surface area contributed by atoms with Gasteiger partial charge in [-0.15, -0.1) is 34.1 Å². The predicted octanol–water partition coefficient (Wildman–Crippen LogP) is 0.579. The van der Waals surface area contributed by atoms with Crippen LogP contribution in [-0.4, -0.2) is 11.5 Å². The molecule has 0 aromatic heterocycles. The Kier molecular flexibility index (Phi) is 2.49. The van der Waals surface area contributed by atoms with Crippen LogP contribution in [0.2, 0.25) is 0 Å². The maximum absolute atomic E-state index is 5.27. The predicted molar refractivity (Wildman–Crippen MR) is 49.1 cm³/mol. The topological polar surface area (TPSA) is 0 Å². The summed E-state index contributed by atoms with van der Waals surface area (Å²) < 4.78 is 0. The molecule has 0 aromatic rings. The van der Waals surface area contributed by atoms with Gasteiger partial charge in [-0.2, -0.15) is 0 Å². The molecule has 1 aliphatic rings. The van der Waals surface area contributed by atoms with E-state index >= 15 is 0 Å². The zero-order valence-electron chi connectivity index (χ0n) is 5.54. The van der Waals surface area contributed by atoms with Crippen molar-refractivity contribution in [2.75, 3.05) is 11.5 Å². The fourth-order valence-electron chi connectivity index (χ4n) is 1.03. The second kappa shape index (κ2) is 3.19. The number of hydrogen-bond acceptors (Lipinski definition) is 1. The lowest BCUT2D eigenvalue weighted by molar-refractivity contribution is 0.642. The van der Waals surface area contributed by atoms with Crippen molar-refractivity contribution in [2.24, 2.45) is 11.8 Å². The third-order valence-electron chi connectivity index (χ3n) is 1.64. The molecular weight excluding hydrogens is 160 g/mol. The highest BCUT2D eigenvalue weighted by Crippen LogP contribution is 2.21. The van der Waals surface area contributed by atoms with Crippen molar-refractivity contribution >= 4 is 20.6 Å². The molecule has 1 heterocycles. The highest BCUT2D eigenvalue weighted by Gasteiger charge is 2.26. The van der Waals surface area contributed by atoms with E-state index in [9.17, 15) is 0 Å². The van der Waals surface area contributed by atoms with Crippen LogP contribution in [0.3, 0.4) is 0 Å². The van der Waals surface area contributed by atoms with Crippen LogP contribution in [0.5, 0.6) is 0 Å². The Bertz CT molecular complexity index is 205. The fraction of sp³-hybridized carbons (Fsp3) is 0.500. The summed E-state index contributed by atoms with van der Waals surface area (Å²) in [5, 5.41) is 0. The molecule has 1 rings (SSSR count). The molecule has 2 heteroatoms. The normalized spacial score (nSPS) is 38.4. The average Bonchev–Trinajstić information content (AvgIpc) is 2.30. The summed E-state index contributed by atoms with van der Waals surface area (Å²) in [6.45, 7) is 0. The van der Waals surface area contributed by atoms with Crippen LogP contribution < -0.4 is 0 Å². The summed E-state index contributed by atoms with van der Waals surface area (Å²) in [5.74, 6) is 7.82. The lowest BCUT2D eigenvalue weighted by atomic mass is 9.98. The Morgan fingerprint density at radius 2 is 1.60 bits per heavy atom. The minimum atomic E-state index is 0.0656. The molecule has 10 heavy (non-hydrogen) atoms. The molecule has 0 N–H and O–H groups in total. The molecule has 0 nitrogen and oxygen atoms in total. The van der Waals surface area contributed by atoms with Crippen LogP contribution in [0.25, 0.3) is 0 Å². The molecule has 1 fully saturated rings. The first-order chi connectivity index (χ1) is 4.77. The number of rotatable bonds is 0. The molecule has 0 aliphatic carbocycles. The molecule has 0 radical (unpaired) electrons. The van der Waals surface area contributed by atoms with E-state index in [1.54, 1.807) is 0 Å². The average molecular weight is 168 g/mol. The maximum atomic E-state index is 5.27.